The molecule has 0 heterocycles. The maximum absolute atomic E-state index is 13.0. The normalized spacial score (nSPS) is 28.5. The zero-order chi connectivity index (χ0) is 17.9. The topological polar surface area (TPSA) is 63.2 Å². The largest absolute Gasteiger partial charge is 0.299 e. The predicted molar refractivity (Wildman–Crippen MR) is 98.9 cm³/mol. The van der Waals surface area contributed by atoms with Gasteiger partial charge < -0.3 is 0 Å². The van der Waals surface area contributed by atoms with E-state index in [-0.39, 0.29) is 16.7 Å². The van der Waals surface area contributed by atoms with Gasteiger partial charge >= 0.3 is 0 Å². The molecular weight excluding hydrogens is 334 g/mol. The third kappa shape index (κ3) is 3.98. The van der Waals surface area contributed by atoms with E-state index in [0.29, 0.717) is 6.42 Å². The Morgan fingerprint density at radius 2 is 1.60 bits per heavy atom. The van der Waals surface area contributed by atoms with Crippen LogP contribution in [-0.2, 0) is 14.8 Å². The second-order valence-corrected chi connectivity index (χ2v) is 9.44. The number of carbonyl (C=O) groups excluding carboxylic acids is 1. The third-order valence-corrected chi connectivity index (χ3v) is 7.48. The lowest BCUT2D eigenvalue weighted by Gasteiger charge is -2.44. The highest BCUT2D eigenvalue weighted by Crippen LogP contribution is 2.44. The van der Waals surface area contributed by atoms with E-state index < -0.39 is 15.4 Å². The second-order valence-electron chi connectivity index (χ2n) is 7.73. The number of nitrogens with one attached hydrogen (secondary N) is 1. The van der Waals surface area contributed by atoms with E-state index in [9.17, 15) is 13.2 Å². The van der Waals surface area contributed by atoms with Crippen LogP contribution in [0.4, 0.5) is 0 Å². The van der Waals surface area contributed by atoms with Crippen LogP contribution in [0.3, 0.4) is 0 Å². The average Bonchev–Trinajstić information content (AvgIpc) is 2.57. The molecule has 0 radical (unpaired) electrons. The molecule has 1 aromatic carbocycles. The molecule has 2 aliphatic rings. The average molecular weight is 364 g/mol. The summed E-state index contributed by atoms with van der Waals surface area (Å²) in [6, 6.07) is 6.65. The summed E-state index contributed by atoms with van der Waals surface area (Å²) < 4.78 is 28.7. The van der Waals surface area contributed by atoms with E-state index in [1.54, 1.807) is 12.1 Å². The molecule has 0 amide bonds. The molecule has 0 unspecified atom stereocenters. The van der Waals surface area contributed by atoms with Crippen LogP contribution in [0.25, 0.3) is 0 Å². The van der Waals surface area contributed by atoms with Gasteiger partial charge in [0.1, 0.15) is 5.78 Å². The van der Waals surface area contributed by atoms with Crippen LogP contribution in [0.5, 0.6) is 0 Å². The molecule has 1 N–H and O–H groups in total. The molecule has 0 aliphatic heterocycles. The highest BCUT2D eigenvalue weighted by molar-refractivity contribution is 7.89. The molecule has 0 aromatic heterocycles. The van der Waals surface area contributed by atoms with Crippen LogP contribution in [0.2, 0.25) is 0 Å². The van der Waals surface area contributed by atoms with E-state index in [0.717, 1.165) is 63.4 Å². The fourth-order valence-electron chi connectivity index (χ4n) is 4.48. The van der Waals surface area contributed by atoms with Crippen LogP contribution in [0.15, 0.2) is 29.2 Å². The first kappa shape index (κ1) is 18.6. The van der Waals surface area contributed by atoms with Crippen LogP contribution in [0.1, 0.15) is 69.8 Å². The molecule has 2 saturated carbocycles. The van der Waals surface area contributed by atoms with E-state index in [2.05, 4.69) is 4.72 Å². The molecule has 2 fully saturated rings. The molecule has 2 aliphatic carbocycles. The summed E-state index contributed by atoms with van der Waals surface area (Å²) in [7, 11) is -3.60. The molecule has 1 spiro atoms. The molecule has 0 saturated heterocycles. The number of ketones is 1. The molecule has 2 atom stereocenters. The van der Waals surface area contributed by atoms with E-state index in [1.807, 2.05) is 19.1 Å². The van der Waals surface area contributed by atoms with E-state index in [1.165, 1.54) is 0 Å². The smallest absolute Gasteiger partial charge is 0.240 e. The summed E-state index contributed by atoms with van der Waals surface area (Å²) in [6.45, 7) is 1.94. The van der Waals surface area contributed by atoms with Crippen LogP contribution >= 0.6 is 0 Å². The Balaban J connectivity index is 1.87. The number of aryl methyl sites for hydroxylation is 1. The summed E-state index contributed by atoms with van der Waals surface area (Å²) in [6.07, 6.45) is 9.24. The van der Waals surface area contributed by atoms with Crippen molar-refractivity contribution in [3.63, 3.8) is 0 Å². The highest BCUT2D eigenvalue weighted by atomic mass is 32.2. The fourth-order valence-corrected chi connectivity index (χ4v) is 5.83. The van der Waals surface area contributed by atoms with Crippen molar-refractivity contribution in [1.29, 1.82) is 0 Å². The van der Waals surface area contributed by atoms with Gasteiger partial charge in [-0.1, -0.05) is 49.8 Å². The Labute approximate surface area is 151 Å². The van der Waals surface area contributed by atoms with E-state index in [4.69, 9.17) is 0 Å². The maximum atomic E-state index is 13.0. The van der Waals surface area contributed by atoms with Gasteiger partial charge in [-0.15, -0.1) is 0 Å². The lowest BCUT2D eigenvalue weighted by Crippen LogP contribution is -2.53. The summed E-state index contributed by atoms with van der Waals surface area (Å²) >= 11 is 0. The Hall–Kier alpha value is -1.20. The molecular formula is C20H29NO3S. The predicted octanol–water partition coefficient (Wildman–Crippen LogP) is 4.13. The SMILES string of the molecule is Cc1ccc(S(=O)(=O)N[C@H]2CCCC[C@]23CCCCCCC3=O)cc1. The van der Waals surface area contributed by atoms with Crippen molar-refractivity contribution >= 4 is 15.8 Å². The highest BCUT2D eigenvalue weighted by Gasteiger charge is 2.47. The van der Waals surface area contributed by atoms with Crippen molar-refractivity contribution < 1.29 is 13.2 Å². The molecule has 25 heavy (non-hydrogen) atoms. The summed E-state index contributed by atoms with van der Waals surface area (Å²) in [5.74, 6) is 0.281. The fraction of sp³-hybridized carbons (Fsp3) is 0.650. The van der Waals surface area contributed by atoms with E-state index >= 15 is 0 Å². The molecule has 1 aromatic rings. The quantitative estimate of drug-likeness (QED) is 0.878. The third-order valence-electron chi connectivity index (χ3n) is 5.99. The van der Waals surface area contributed by atoms with Crippen LogP contribution in [0, 0.1) is 12.3 Å². The van der Waals surface area contributed by atoms with Crippen molar-refractivity contribution in [2.24, 2.45) is 5.41 Å². The van der Waals surface area contributed by atoms with Gasteiger partial charge in [0.2, 0.25) is 10.0 Å². The van der Waals surface area contributed by atoms with Gasteiger partial charge in [-0.3, -0.25) is 4.79 Å². The number of benzene rings is 1. The Morgan fingerprint density at radius 1 is 0.960 bits per heavy atom. The van der Waals surface area contributed by atoms with Crippen LogP contribution in [-0.4, -0.2) is 20.2 Å². The first-order valence-corrected chi connectivity index (χ1v) is 11.0. The molecule has 4 nitrogen and oxygen atoms in total. The van der Waals surface area contributed by atoms with Gasteiger partial charge in [0.05, 0.1) is 4.90 Å². The first-order valence-electron chi connectivity index (χ1n) is 9.56. The van der Waals surface area contributed by atoms with Gasteiger partial charge in [-0.2, -0.15) is 0 Å². The number of hydrogen-bond donors (Lipinski definition) is 1. The number of Topliss-reactive ketones (excluding diaryl/α,β-unsaturated/α-hetero) is 1. The summed E-state index contributed by atoms with van der Waals surface area (Å²) in [4.78, 5) is 13.3. The lowest BCUT2D eigenvalue weighted by molar-refractivity contribution is -0.133. The molecule has 138 valence electrons. The zero-order valence-electron chi connectivity index (χ0n) is 15.1. The first-order chi connectivity index (χ1) is 11.9. The standard InChI is InChI=1S/C20H29NO3S/c1-16-10-12-17(13-11-16)25(23,24)21-18-8-5-7-15-20(18)14-6-3-2-4-9-19(20)22/h10-13,18,21H,2-9,14-15H2,1H3/t18-,20+/m0/s1. The molecule has 0 bridgehead atoms. The minimum Gasteiger partial charge on any atom is -0.299 e. The minimum atomic E-state index is -3.60. The zero-order valence-corrected chi connectivity index (χ0v) is 15.9. The number of rotatable bonds is 3. The summed E-state index contributed by atoms with van der Waals surface area (Å²) in [5, 5.41) is 0. The van der Waals surface area contributed by atoms with Gasteiger partial charge in [-0.25, -0.2) is 13.1 Å². The second kappa shape index (κ2) is 7.58. The number of carbonyl (C=O) groups is 1. The van der Waals surface area contributed by atoms with Gasteiger partial charge in [0, 0.05) is 17.9 Å². The van der Waals surface area contributed by atoms with Crippen molar-refractivity contribution in [1.82, 2.24) is 4.72 Å². The van der Waals surface area contributed by atoms with Gasteiger partial charge in [-0.05, 0) is 44.7 Å². The lowest BCUT2D eigenvalue weighted by atomic mass is 9.63. The van der Waals surface area contributed by atoms with Crippen LogP contribution < -0.4 is 4.72 Å². The summed E-state index contributed by atoms with van der Waals surface area (Å²) in [5.41, 5.74) is 0.541. The van der Waals surface area contributed by atoms with Crippen molar-refractivity contribution in [2.45, 2.75) is 82.1 Å². The van der Waals surface area contributed by atoms with Gasteiger partial charge in [0.25, 0.3) is 0 Å². The van der Waals surface area contributed by atoms with Crippen molar-refractivity contribution in [2.75, 3.05) is 0 Å². The Kier molecular flexibility index (Phi) is 5.64. The number of hydrogen-bond acceptors (Lipinski definition) is 3. The van der Waals surface area contributed by atoms with Crippen molar-refractivity contribution in [3.8, 4) is 0 Å². The van der Waals surface area contributed by atoms with Gasteiger partial charge in [0.15, 0.2) is 0 Å². The Morgan fingerprint density at radius 3 is 2.32 bits per heavy atom. The Bertz CT molecular complexity index is 711. The molecule has 5 heteroatoms. The number of sulfonamides is 1. The maximum Gasteiger partial charge on any atom is 0.240 e. The monoisotopic (exact) mass is 363 g/mol. The van der Waals surface area contributed by atoms with Crippen molar-refractivity contribution in [3.05, 3.63) is 29.8 Å². The minimum absolute atomic E-state index is 0.266. The molecule has 3 rings (SSSR count).